The zero-order chi connectivity index (χ0) is 39.6. The van der Waals surface area contributed by atoms with Gasteiger partial charge in [-0.25, -0.2) is 9.40 Å². The van der Waals surface area contributed by atoms with E-state index in [0.29, 0.717) is 57.2 Å². The van der Waals surface area contributed by atoms with E-state index in [4.69, 9.17) is 9.47 Å². The molecule has 1 aromatic heterocycles. The van der Waals surface area contributed by atoms with Crippen LogP contribution in [0.25, 0.3) is 11.1 Å². The van der Waals surface area contributed by atoms with Crippen molar-refractivity contribution in [1.29, 1.82) is 0 Å². The number of halogens is 8. The van der Waals surface area contributed by atoms with Crippen LogP contribution < -0.4 is 10.1 Å². The zero-order valence-electron chi connectivity index (χ0n) is 29.4. The summed E-state index contributed by atoms with van der Waals surface area (Å²) < 4.78 is 122. The van der Waals surface area contributed by atoms with Crippen LogP contribution in [-0.4, -0.2) is 88.9 Å². The smallest absolute Gasteiger partial charge is 0.433 e. The fraction of sp³-hybridized carbons (Fsp3) is 0.417. The molecule has 2 amide bonds. The fourth-order valence-corrected chi connectivity index (χ4v) is 6.46. The summed E-state index contributed by atoms with van der Waals surface area (Å²) in [5, 5.41) is 16.1. The first-order chi connectivity index (χ1) is 25.4. The Morgan fingerprint density at radius 2 is 1.67 bits per heavy atom. The summed E-state index contributed by atoms with van der Waals surface area (Å²) in [6.07, 6.45) is -8.84. The third kappa shape index (κ3) is 8.14. The molecule has 0 bridgehead atoms. The van der Waals surface area contributed by atoms with E-state index < -0.39 is 76.0 Å². The van der Waals surface area contributed by atoms with Crippen LogP contribution in [0.3, 0.4) is 0 Å². The Morgan fingerprint density at radius 3 is 2.26 bits per heavy atom. The number of nitrogens with zero attached hydrogens (tertiary/aromatic N) is 4. The Labute approximate surface area is 304 Å². The summed E-state index contributed by atoms with van der Waals surface area (Å²) >= 11 is 0. The number of aliphatic hydroxyl groups excluding tert-OH is 1. The quantitative estimate of drug-likeness (QED) is 0.159. The van der Waals surface area contributed by atoms with Gasteiger partial charge in [0, 0.05) is 55.3 Å². The van der Waals surface area contributed by atoms with Crippen LogP contribution in [0.5, 0.6) is 5.75 Å². The number of carbonyl (C=O) groups is 2. The summed E-state index contributed by atoms with van der Waals surface area (Å²) in [7, 11) is 1.42. The third-order valence-corrected chi connectivity index (χ3v) is 9.68. The van der Waals surface area contributed by atoms with Crippen molar-refractivity contribution in [1.82, 2.24) is 19.9 Å². The van der Waals surface area contributed by atoms with Crippen LogP contribution in [0, 0.1) is 11.6 Å². The van der Waals surface area contributed by atoms with Gasteiger partial charge in [-0.05, 0) is 43.2 Å². The number of carbonyl (C=O) groups excluding carboxylic acids is 2. The van der Waals surface area contributed by atoms with E-state index >= 15 is 8.78 Å². The second-order valence-electron chi connectivity index (χ2n) is 12.6. The van der Waals surface area contributed by atoms with Gasteiger partial charge in [-0.1, -0.05) is 26.0 Å². The van der Waals surface area contributed by atoms with Gasteiger partial charge in [-0.2, -0.15) is 30.7 Å². The molecule has 54 heavy (non-hydrogen) atoms. The number of pyridine rings is 1. The maximum Gasteiger partial charge on any atom is 0.433 e. The molecule has 18 heteroatoms. The number of morpholine rings is 1. The fourth-order valence-electron chi connectivity index (χ4n) is 6.46. The van der Waals surface area contributed by atoms with Gasteiger partial charge in [-0.15, -0.1) is 0 Å². The molecule has 3 aromatic rings. The van der Waals surface area contributed by atoms with E-state index in [1.165, 1.54) is 24.2 Å². The number of likely N-dealkylation sites (N-methyl/N-ethyl adjacent to an activating group) is 1. The van der Waals surface area contributed by atoms with Crippen LogP contribution in [0.15, 0.2) is 60.0 Å². The first kappa shape index (κ1) is 40.4. The van der Waals surface area contributed by atoms with Crippen LogP contribution in [0.2, 0.25) is 0 Å². The minimum absolute atomic E-state index is 0.0666. The maximum absolute atomic E-state index is 15.5. The number of nitrogens with one attached hydrogen (secondary N) is 1. The highest BCUT2D eigenvalue weighted by molar-refractivity contribution is 6.24. The number of benzene rings is 2. The molecule has 0 aliphatic carbocycles. The molecule has 1 fully saturated rings. The summed E-state index contributed by atoms with van der Waals surface area (Å²) in [5.74, 6) is -6.09. The molecular weight excluding hydrogens is 734 g/mol. The summed E-state index contributed by atoms with van der Waals surface area (Å²) in [6, 6.07) is 5.89. The van der Waals surface area contributed by atoms with Gasteiger partial charge < -0.3 is 19.9 Å². The molecule has 2 aromatic carbocycles. The molecule has 2 aliphatic rings. The Morgan fingerprint density at radius 1 is 0.981 bits per heavy atom. The van der Waals surface area contributed by atoms with Crippen molar-refractivity contribution in [2.24, 2.45) is 0 Å². The first-order valence-electron chi connectivity index (χ1n) is 16.9. The molecule has 0 saturated carbocycles. The molecule has 0 unspecified atom stereocenters. The number of hydrogen-bond donors (Lipinski definition) is 2. The zero-order valence-corrected chi connectivity index (χ0v) is 29.4. The van der Waals surface area contributed by atoms with Crippen molar-refractivity contribution in [3.8, 4) is 16.9 Å². The molecule has 3 heterocycles. The van der Waals surface area contributed by atoms with Crippen molar-refractivity contribution >= 4 is 17.5 Å². The average Bonchev–Trinajstić information content (AvgIpc) is 3.13. The summed E-state index contributed by atoms with van der Waals surface area (Å²) in [5.41, 5.74) is -6.05. The predicted molar refractivity (Wildman–Crippen MR) is 179 cm³/mol. The standard InChI is InChI=1S/C36H37F8N5O5/c1-4-34(5-2)31(50)28(32(51)46-25-9-8-23(35(39,40)41)18-24(25)21-7-11-27(45-19-21)36(42,43)44)33(52)49(47(34)3)20-22-6-10-26(30(38)29(22)37)54-17-14-48-12-15-53-16-13-48/h6-11,18-19,50H,4-5,12-17,20H2,1-3H3,(H,46,51). The van der Waals surface area contributed by atoms with E-state index in [2.05, 4.69) is 10.3 Å². The first-order valence-corrected chi connectivity index (χ1v) is 16.9. The number of hydrazine groups is 1. The van der Waals surface area contributed by atoms with Gasteiger partial charge in [0.2, 0.25) is 5.82 Å². The SMILES string of the molecule is CCC1(CC)C(O)=C(C(=O)Nc2ccc(C(F)(F)F)cc2-c2ccc(C(F)(F)F)nc2)C(=O)N(Cc2ccc(OCCN3CCOCC3)c(F)c2F)N1C. The molecule has 1 saturated heterocycles. The minimum Gasteiger partial charge on any atom is -0.509 e. The number of ether oxygens (including phenoxy) is 2. The Kier molecular flexibility index (Phi) is 11.9. The molecule has 0 atom stereocenters. The van der Waals surface area contributed by atoms with Crippen LogP contribution in [0.4, 0.5) is 40.8 Å². The normalized spacial score (nSPS) is 17.2. The lowest BCUT2D eigenvalue weighted by molar-refractivity contribution is -0.164. The van der Waals surface area contributed by atoms with Crippen molar-refractivity contribution < 1.29 is 59.3 Å². The number of aliphatic hydroxyl groups is 1. The number of hydrogen-bond acceptors (Lipinski definition) is 8. The average molecular weight is 772 g/mol. The van der Waals surface area contributed by atoms with Crippen molar-refractivity contribution in [3.05, 3.63) is 88.4 Å². The Hall–Kier alpha value is -4.81. The van der Waals surface area contributed by atoms with Crippen molar-refractivity contribution in [2.45, 2.75) is 51.1 Å². The van der Waals surface area contributed by atoms with Crippen LogP contribution in [0.1, 0.15) is 43.5 Å². The largest absolute Gasteiger partial charge is 0.509 e. The minimum atomic E-state index is -4.88. The molecule has 5 rings (SSSR count). The lowest BCUT2D eigenvalue weighted by Gasteiger charge is -2.49. The highest BCUT2D eigenvalue weighted by atomic mass is 19.4. The highest BCUT2D eigenvalue weighted by Gasteiger charge is 2.50. The lowest BCUT2D eigenvalue weighted by Crippen LogP contribution is -2.62. The van der Waals surface area contributed by atoms with E-state index in [-0.39, 0.29) is 42.0 Å². The number of anilines is 1. The number of alkyl halides is 6. The highest BCUT2D eigenvalue weighted by Crippen LogP contribution is 2.41. The van der Waals surface area contributed by atoms with Crippen LogP contribution >= 0.6 is 0 Å². The second-order valence-corrected chi connectivity index (χ2v) is 12.6. The van der Waals surface area contributed by atoms with E-state index in [9.17, 15) is 41.0 Å². The van der Waals surface area contributed by atoms with Gasteiger partial charge in [0.05, 0.1) is 30.9 Å². The molecule has 292 valence electrons. The Bertz CT molecular complexity index is 1890. The molecule has 2 N–H and O–H groups in total. The second kappa shape index (κ2) is 15.9. The van der Waals surface area contributed by atoms with Gasteiger partial charge >= 0.3 is 12.4 Å². The van der Waals surface area contributed by atoms with Gasteiger partial charge in [0.15, 0.2) is 11.6 Å². The summed E-state index contributed by atoms with van der Waals surface area (Å²) in [4.78, 5) is 33.3. The molecule has 2 aliphatic heterocycles. The molecular formula is C36H37F8N5O5. The summed E-state index contributed by atoms with van der Waals surface area (Å²) in [6.45, 7) is 5.63. The van der Waals surface area contributed by atoms with Crippen molar-refractivity contribution in [3.63, 3.8) is 0 Å². The lowest BCUT2D eigenvalue weighted by atomic mass is 9.84. The van der Waals surface area contributed by atoms with Crippen LogP contribution in [-0.2, 0) is 33.2 Å². The Balaban J connectivity index is 1.45. The topological polar surface area (TPSA) is 107 Å². The maximum atomic E-state index is 15.5. The molecule has 0 radical (unpaired) electrons. The van der Waals surface area contributed by atoms with E-state index in [1.54, 1.807) is 13.8 Å². The number of amides is 2. The van der Waals surface area contributed by atoms with E-state index in [1.807, 2.05) is 4.90 Å². The molecule has 10 nitrogen and oxygen atoms in total. The number of aromatic nitrogens is 1. The molecule has 0 spiro atoms. The van der Waals surface area contributed by atoms with Crippen molar-refractivity contribution in [2.75, 3.05) is 51.8 Å². The third-order valence-electron chi connectivity index (χ3n) is 9.68. The van der Waals surface area contributed by atoms with Gasteiger partial charge in [-0.3, -0.25) is 24.5 Å². The monoisotopic (exact) mass is 771 g/mol. The van der Waals surface area contributed by atoms with Gasteiger partial charge in [0.1, 0.15) is 23.6 Å². The predicted octanol–water partition coefficient (Wildman–Crippen LogP) is 6.97. The number of rotatable bonds is 11. The van der Waals surface area contributed by atoms with Gasteiger partial charge in [0.25, 0.3) is 11.8 Å². The van der Waals surface area contributed by atoms with E-state index in [0.717, 1.165) is 17.1 Å².